The van der Waals surface area contributed by atoms with Crippen molar-refractivity contribution in [2.75, 3.05) is 31.7 Å². The van der Waals surface area contributed by atoms with Crippen molar-refractivity contribution in [3.8, 4) is 11.5 Å². The van der Waals surface area contributed by atoms with Gasteiger partial charge in [0.25, 0.3) is 0 Å². The standard InChI is InChI=1S/C22H24N2O4/c1-27-16-7-13-14(8-15(16)25)24-19(26)9-17-20-12-6-18-22(13,21(20)24)3-4-23(18)10-11(12)2-5-28-17/h2,7-8,12,17-18,20-21,25H,3-6,9-10H2,1H3/t12-,17-,18-,20-,21-,22+/m0/s1. The molecule has 5 heterocycles. The first-order chi connectivity index (χ1) is 13.6. The van der Waals surface area contributed by atoms with E-state index in [0.29, 0.717) is 36.7 Å². The fraction of sp³-hybridized carbons (Fsp3) is 0.591. The van der Waals surface area contributed by atoms with Crippen LogP contribution in [0.5, 0.6) is 11.5 Å². The van der Waals surface area contributed by atoms with E-state index in [9.17, 15) is 9.90 Å². The van der Waals surface area contributed by atoms with Gasteiger partial charge in [-0.15, -0.1) is 0 Å². The number of phenolic OH excluding ortho intramolecular Hbond substituents is 1. The fourth-order valence-corrected chi connectivity index (χ4v) is 7.72. The molecule has 28 heavy (non-hydrogen) atoms. The molecule has 5 aliphatic heterocycles. The molecule has 1 amide bonds. The minimum absolute atomic E-state index is 0.00211. The highest BCUT2D eigenvalue weighted by Crippen LogP contribution is 2.66. The van der Waals surface area contributed by atoms with Gasteiger partial charge in [0.05, 0.1) is 38.0 Å². The van der Waals surface area contributed by atoms with Crippen molar-refractivity contribution < 1.29 is 19.4 Å². The summed E-state index contributed by atoms with van der Waals surface area (Å²) in [6.07, 6.45) is 4.93. The lowest BCUT2D eigenvalue weighted by atomic mass is 9.53. The molecule has 1 spiro atoms. The van der Waals surface area contributed by atoms with E-state index < -0.39 is 0 Å². The number of ether oxygens (including phenoxy) is 2. The topological polar surface area (TPSA) is 62.2 Å². The molecule has 6 atom stereocenters. The first-order valence-electron chi connectivity index (χ1n) is 10.4. The van der Waals surface area contributed by atoms with Gasteiger partial charge < -0.3 is 19.5 Å². The number of piperidine rings is 2. The smallest absolute Gasteiger partial charge is 0.229 e. The molecule has 1 saturated carbocycles. The molecule has 1 aromatic rings. The molecule has 3 saturated heterocycles. The number of methoxy groups -OCH3 is 1. The summed E-state index contributed by atoms with van der Waals surface area (Å²) in [5.41, 5.74) is 3.54. The van der Waals surface area contributed by atoms with Gasteiger partial charge >= 0.3 is 0 Å². The first kappa shape index (κ1) is 15.8. The average molecular weight is 380 g/mol. The Balaban J connectivity index is 1.53. The average Bonchev–Trinajstić information content (AvgIpc) is 3.14. The third-order valence-electron chi connectivity index (χ3n) is 8.61. The van der Waals surface area contributed by atoms with Crippen LogP contribution >= 0.6 is 0 Å². The number of aromatic hydroxyl groups is 1. The van der Waals surface area contributed by atoms with Crippen molar-refractivity contribution in [2.45, 2.75) is 42.9 Å². The number of nitrogens with zero attached hydrogens (tertiary/aromatic N) is 2. The maximum absolute atomic E-state index is 13.3. The number of phenols is 1. The minimum atomic E-state index is -0.0783. The van der Waals surface area contributed by atoms with Crippen molar-refractivity contribution in [1.82, 2.24) is 4.90 Å². The summed E-state index contributed by atoms with van der Waals surface area (Å²) in [7, 11) is 1.59. The van der Waals surface area contributed by atoms with Gasteiger partial charge in [0.15, 0.2) is 11.5 Å². The SMILES string of the molecule is COc1cc2c(cc1O)N1C(=O)C[C@@H]3OCC=C4CN5CC[C@]26[C@@H]5C[C@@H]4[C@@H]3[C@H]16. The summed E-state index contributed by atoms with van der Waals surface area (Å²) in [5, 5.41) is 10.5. The summed E-state index contributed by atoms with van der Waals surface area (Å²) in [5.74, 6) is 1.59. The highest BCUT2D eigenvalue weighted by atomic mass is 16.5. The Bertz CT molecular complexity index is 958. The van der Waals surface area contributed by atoms with E-state index in [4.69, 9.17) is 9.47 Å². The predicted molar refractivity (Wildman–Crippen MR) is 102 cm³/mol. The fourth-order valence-electron chi connectivity index (χ4n) is 7.72. The van der Waals surface area contributed by atoms with Gasteiger partial charge in [-0.05, 0) is 36.9 Å². The number of anilines is 1. The van der Waals surface area contributed by atoms with Crippen molar-refractivity contribution in [3.63, 3.8) is 0 Å². The lowest BCUT2D eigenvalue weighted by molar-refractivity contribution is -0.132. The molecule has 2 bridgehead atoms. The molecule has 0 unspecified atom stereocenters. The minimum Gasteiger partial charge on any atom is -0.504 e. The van der Waals surface area contributed by atoms with Gasteiger partial charge in [0.2, 0.25) is 5.91 Å². The van der Waals surface area contributed by atoms with Crippen LogP contribution in [0.15, 0.2) is 23.8 Å². The van der Waals surface area contributed by atoms with Crippen LogP contribution in [0.25, 0.3) is 0 Å². The van der Waals surface area contributed by atoms with E-state index in [1.165, 1.54) is 11.1 Å². The quantitative estimate of drug-likeness (QED) is 0.753. The molecule has 0 radical (unpaired) electrons. The molecular formula is C22H24N2O4. The highest BCUT2D eigenvalue weighted by Gasteiger charge is 2.71. The normalized spacial score (nSPS) is 42.2. The van der Waals surface area contributed by atoms with Crippen LogP contribution in [0.4, 0.5) is 5.69 Å². The Kier molecular flexibility index (Phi) is 2.78. The van der Waals surface area contributed by atoms with Gasteiger partial charge in [0.1, 0.15) is 0 Å². The zero-order valence-corrected chi connectivity index (χ0v) is 15.9. The second-order valence-corrected chi connectivity index (χ2v) is 9.30. The zero-order chi connectivity index (χ0) is 18.8. The van der Waals surface area contributed by atoms with Gasteiger partial charge in [0, 0.05) is 30.0 Å². The van der Waals surface area contributed by atoms with Gasteiger partial charge in [-0.1, -0.05) is 11.6 Å². The monoisotopic (exact) mass is 380 g/mol. The third kappa shape index (κ3) is 1.56. The molecule has 146 valence electrons. The second-order valence-electron chi connectivity index (χ2n) is 9.30. The molecule has 1 N–H and O–H groups in total. The summed E-state index contributed by atoms with van der Waals surface area (Å²) in [4.78, 5) is 18.0. The Hall–Kier alpha value is -2.05. The summed E-state index contributed by atoms with van der Waals surface area (Å²) in [6, 6.07) is 4.34. The predicted octanol–water partition coefficient (Wildman–Crippen LogP) is 1.81. The second kappa shape index (κ2) is 4.92. The number of carbonyl (C=O) groups is 1. The molecule has 6 heteroatoms. The molecule has 6 aliphatic rings. The van der Waals surface area contributed by atoms with Crippen LogP contribution in [-0.4, -0.2) is 60.9 Å². The number of hydrogen-bond acceptors (Lipinski definition) is 5. The van der Waals surface area contributed by atoms with Crippen molar-refractivity contribution >= 4 is 11.6 Å². The van der Waals surface area contributed by atoms with Gasteiger partial charge in [-0.25, -0.2) is 0 Å². The van der Waals surface area contributed by atoms with E-state index in [1.54, 1.807) is 13.2 Å². The van der Waals surface area contributed by atoms with E-state index in [2.05, 4.69) is 11.0 Å². The Morgan fingerprint density at radius 3 is 3.11 bits per heavy atom. The molecule has 0 aromatic heterocycles. The van der Waals surface area contributed by atoms with E-state index in [1.807, 2.05) is 11.0 Å². The summed E-state index contributed by atoms with van der Waals surface area (Å²) >= 11 is 0. The molecule has 1 aromatic carbocycles. The Morgan fingerprint density at radius 2 is 2.25 bits per heavy atom. The molecule has 6 nitrogen and oxygen atoms in total. The Morgan fingerprint density at radius 1 is 1.36 bits per heavy atom. The largest absolute Gasteiger partial charge is 0.504 e. The van der Waals surface area contributed by atoms with Gasteiger partial charge in [-0.3, -0.25) is 9.69 Å². The summed E-state index contributed by atoms with van der Waals surface area (Å²) in [6.45, 7) is 2.73. The van der Waals surface area contributed by atoms with E-state index in [-0.39, 0.29) is 29.2 Å². The number of amides is 1. The number of benzene rings is 1. The molecular weight excluding hydrogens is 356 g/mol. The number of rotatable bonds is 1. The summed E-state index contributed by atoms with van der Waals surface area (Å²) < 4.78 is 11.7. The van der Waals surface area contributed by atoms with Crippen LogP contribution in [0.1, 0.15) is 24.8 Å². The number of carbonyl (C=O) groups excluding carboxylic acids is 1. The third-order valence-corrected chi connectivity index (χ3v) is 8.61. The van der Waals surface area contributed by atoms with Crippen LogP contribution < -0.4 is 9.64 Å². The number of hydrogen-bond donors (Lipinski definition) is 1. The molecule has 1 aliphatic carbocycles. The van der Waals surface area contributed by atoms with Crippen LogP contribution in [0, 0.1) is 11.8 Å². The maximum Gasteiger partial charge on any atom is 0.229 e. The van der Waals surface area contributed by atoms with E-state index >= 15 is 0 Å². The number of fused-ring (bicyclic) bond motifs is 2. The van der Waals surface area contributed by atoms with Crippen LogP contribution in [-0.2, 0) is 14.9 Å². The van der Waals surface area contributed by atoms with Crippen molar-refractivity contribution in [1.29, 1.82) is 0 Å². The lowest BCUT2D eigenvalue weighted by Gasteiger charge is -2.58. The zero-order valence-electron chi connectivity index (χ0n) is 15.9. The lowest BCUT2D eigenvalue weighted by Crippen LogP contribution is -2.69. The van der Waals surface area contributed by atoms with Gasteiger partial charge in [-0.2, -0.15) is 0 Å². The van der Waals surface area contributed by atoms with Crippen molar-refractivity contribution in [2.24, 2.45) is 11.8 Å². The van der Waals surface area contributed by atoms with E-state index in [0.717, 1.165) is 31.6 Å². The first-order valence-corrected chi connectivity index (χ1v) is 10.4. The van der Waals surface area contributed by atoms with Crippen molar-refractivity contribution in [3.05, 3.63) is 29.3 Å². The van der Waals surface area contributed by atoms with Crippen LogP contribution in [0.2, 0.25) is 0 Å². The highest BCUT2D eigenvalue weighted by molar-refractivity contribution is 5.99. The van der Waals surface area contributed by atoms with Crippen LogP contribution in [0.3, 0.4) is 0 Å². The molecule has 4 fully saturated rings. The Labute approximate surface area is 163 Å². The maximum atomic E-state index is 13.3. The molecule has 7 rings (SSSR count).